The first-order valence-electron chi connectivity index (χ1n) is 6.93. The Kier molecular flexibility index (Phi) is 4.41. The van der Waals surface area contributed by atoms with E-state index in [1.54, 1.807) is 11.8 Å². The van der Waals surface area contributed by atoms with Gasteiger partial charge in [0.1, 0.15) is 6.61 Å². The van der Waals surface area contributed by atoms with Crippen LogP contribution >= 0.6 is 0 Å². The van der Waals surface area contributed by atoms with Gasteiger partial charge >= 0.3 is 0 Å². The molecule has 1 aliphatic rings. The molecule has 0 bridgehead atoms. The van der Waals surface area contributed by atoms with Gasteiger partial charge in [-0.05, 0) is 13.3 Å². The van der Waals surface area contributed by atoms with Crippen LogP contribution in [0.4, 0.5) is 4.39 Å². The first-order valence-corrected chi connectivity index (χ1v) is 6.93. The summed E-state index contributed by atoms with van der Waals surface area (Å²) in [6.07, 6.45) is 3.35. The van der Waals surface area contributed by atoms with Gasteiger partial charge in [0.25, 0.3) is 0 Å². The highest BCUT2D eigenvalue weighted by Gasteiger charge is 2.36. The molecule has 6 heteroatoms. The van der Waals surface area contributed by atoms with E-state index in [-0.39, 0.29) is 31.2 Å². The van der Waals surface area contributed by atoms with Crippen LogP contribution in [0, 0.1) is 22.6 Å². The van der Waals surface area contributed by atoms with Crippen LogP contribution in [0.2, 0.25) is 0 Å². The quantitative estimate of drug-likeness (QED) is 0.857. The third-order valence-corrected chi connectivity index (χ3v) is 3.95. The average molecular weight is 291 g/mol. The summed E-state index contributed by atoms with van der Waals surface area (Å²) >= 11 is 0. The molecule has 0 radical (unpaired) electrons. The zero-order valence-corrected chi connectivity index (χ0v) is 12.2. The minimum absolute atomic E-state index is 0.104. The standard InChI is InChI=1S/C15H18FN3O2/c1-3-15(2,4-5-17)14(20)19-6-7-21-13-11(10-19)8-18-9-12(13)16/h8-9H,3-4,6-7,10H2,1-2H3. The van der Waals surface area contributed by atoms with E-state index in [0.29, 0.717) is 18.5 Å². The topological polar surface area (TPSA) is 66.2 Å². The van der Waals surface area contributed by atoms with Crippen molar-refractivity contribution in [3.63, 3.8) is 0 Å². The summed E-state index contributed by atoms with van der Waals surface area (Å²) < 4.78 is 19.1. The van der Waals surface area contributed by atoms with Gasteiger partial charge in [-0.15, -0.1) is 0 Å². The Hall–Kier alpha value is -2.16. The van der Waals surface area contributed by atoms with Crippen molar-refractivity contribution in [3.05, 3.63) is 23.8 Å². The Labute approximate surface area is 123 Å². The van der Waals surface area contributed by atoms with Crippen LogP contribution in [0.5, 0.6) is 5.75 Å². The van der Waals surface area contributed by atoms with Crippen LogP contribution < -0.4 is 4.74 Å². The SMILES string of the molecule is CCC(C)(CC#N)C(=O)N1CCOc2c(F)cncc2C1. The van der Waals surface area contributed by atoms with Gasteiger partial charge in [0.05, 0.1) is 30.8 Å². The maximum atomic E-state index is 13.7. The van der Waals surface area contributed by atoms with Crippen molar-refractivity contribution in [1.29, 1.82) is 5.26 Å². The van der Waals surface area contributed by atoms with Gasteiger partial charge in [-0.3, -0.25) is 9.78 Å². The third-order valence-electron chi connectivity index (χ3n) is 3.95. The number of nitrogens with zero attached hydrogens (tertiary/aromatic N) is 3. The molecule has 0 spiro atoms. The number of hydrogen-bond acceptors (Lipinski definition) is 4. The van der Waals surface area contributed by atoms with Crippen LogP contribution in [0.3, 0.4) is 0 Å². The second-order valence-corrected chi connectivity index (χ2v) is 5.43. The van der Waals surface area contributed by atoms with Crippen LogP contribution in [-0.4, -0.2) is 28.9 Å². The van der Waals surface area contributed by atoms with Gasteiger partial charge in [0, 0.05) is 18.2 Å². The van der Waals surface area contributed by atoms with Gasteiger partial charge in [-0.25, -0.2) is 4.39 Å². The Morgan fingerprint density at radius 1 is 1.62 bits per heavy atom. The smallest absolute Gasteiger partial charge is 0.229 e. The molecule has 0 saturated carbocycles. The zero-order chi connectivity index (χ0) is 15.5. The highest BCUT2D eigenvalue weighted by molar-refractivity contribution is 5.82. The molecular weight excluding hydrogens is 273 g/mol. The fraction of sp³-hybridized carbons (Fsp3) is 0.533. The van der Waals surface area contributed by atoms with Crippen molar-refractivity contribution in [2.24, 2.45) is 5.41 Å². The lowest BCUT2D eigenvalue weighted by Gasteiger charge is -2.31. The molecule has 0 N–H and O–H groups in total. The Balaban J connectivity index is 2.26. The fourth-order valence-corrected chi connectivity index (χ4v) is 2.36. The molecule has 1 amide bonds. The molecule has 1 atom stereocenters. The second-order valence-electron chi connectivity index (χ2n) is 5.43. The summed E-state index contributed by atoms with van der Waals surface area (Å²) in [4.78, 5) is 18.1. The van der Waals surface area contributed by atoms with E-state index in [4.69, 9.17) is 10.00 Å². The molecular formula is C15H18FN3O2. The molecule has 21 heavy (non-hydrogen) atoms. The molecule has 112 valence electrons. The maximum Gasteiger partial charge on any atom is 0.229 e. The molecule has 1 aromatic heterocycles. The molecule has 1 aliphatic heterocycles. The number of hydrogen-bond donors (Lipinski definition) is 0. The first-order chi connectivity index (χ1) is 10.0. The van der Waals surface area contributed by atoms with Crippen molar-refractivity contribution in [3.8, 4) is 11.8 Å². The fourth-order valence-electron chi connectivity index (χ4n) is 2.36. The number of amides is 1. The van der Waals surface area contributed by atoms with Gasteiger partial charge in [0.15, 0.2) is 11.6 Å². The molecule has 1 aromatic rings. The van der Waals surface area contributed by atoms with Crippen LogP contribution in [0.25, 0.3) is 0 Å². The number of halogens is 1. The van der Waals surface area contributed by atoms with Gasteiger partial charge in [-0.2, -0.15) is 5.26 Å². The predicted molar refractivity (Wildman–Crippen MR) is 73.7 cm³/mol. The lowest BCUT2D eigenvalue weighted by molar-refractivity contribution is -0.142. The van der Waals surface area contributed by atoms with E-state index < -0.39 is 11.2 Å². The van der Waals surface area contributed by atoms with Crippen molar-refractivity contribution in [2.45, 2.75) is 33.2 Å². The molecule has 0 aromatic carbocycles. The summed E-state index contributed by atoms with van der Waals surface area (Å²) in [5.74, 6) is -0.455. The molecule has 0 saturated heterocycles. The highest BCUT2D eigenvalue weighted by Crippen LogP contribution is 2.31. The number of ether oxygens (including phenoxy) is 1. The Bertz CT molecular complexity index is 585. The van der Waals surface area contributed by atoms with Crippen molar-refractivity contribution >= 4 is 5.91 Å². The number of fused-ring (bicyclic) bond motifs is 1. The number of carbonyl (C=O) groups excluding carboxylic acids is 1. The molecule has 5 nitrogen and oxygen atoms in total. The largest absolute Gasteiger partial charge is 0.488 e. The normalized spacial score (nSPS) is 17.0. The second kappa shape index (κ2) is 6.08. The van der Waals surface area contributed by atoms with Crippen LogP contribution in [0.1, 0.15) is 32.3 Å². The molecule has 0 fully saturated rings. The minimum atomic E-state index is -0.722. The molecule has 0 aliphatic carbocycles. The summed E-state index contributed by atoms with van der Waals surface area (Å²) in [7, 11) is 0. The zero-order valence-electron chi connectivity index (χ0n) is 12.2. The third kappa shape index (κ3) is 2.97. The van der Waals surface area contributed by atoms with Crippen molar-refractivity contribution in [1.82, 2.24) is 9.88 Å². The molecule has 2 heterocycles. The lowest BCUT2D eigenvalue weighted by atomic mass is 9.83. The highest BCUT2D eigenvalue weighted by atomic mass is 19.1. The van der Waals surface area contributed by atoms with E-state index in [0.717, 1.165) is 6.20 Å². The van der Waals surface area contributed by atoms with E-state index in [9.17, 15) is 9.18 Å². The summed E-state index contributed by atoms with van der Waals surface area (Å²) in [5, 5.41) is 8.92. The summed E-state index contributed by atoms with van der Waals surface area (Å²) in [6, 6.07) is 2.07. The van der Waals surface area contributed by atoms with E-state index in [1.807, 2.05) is 6.92 Å². The summed E-state index contributed by atoms with van der Waals surface area (Å²) in [6.45, 7) is 4.52. The van der Waals surface area contributed by atoms with Gasteiger partial charge in [0.2, 0.25) is 5.91 Å². The number of nitriles is 1. The number of aromatic nitrogens is 1. The van der Waals surface area contributed by atoms with Crippen molar-refractivity contribution in [2.75, 3.05) is 13.2 Å². The van der Waals surface area contributed by atoms with Crippen LogP contribution in [-0.2, 0) is 11.3 Å². The number of rotatable bonds is 3. The maximum absolute atomic E-state index is 13.7. The van der Waals surface area contributed by atoms with E-state index in [2.05, 4.69) is 11.1 Å². The van der Waals surface area contributed by atoms with Crippen LogP contribution in [0.15, 0.2) is 12.4 Å². The lowest BCUT2D eigenvalue weighted by Crippen LogP contribution is -2.42. The van der Waals surface area contributed by atoms with Gasteiger partial charge < -0.3 is 9.64 Å². The minimum Gasteiger partial charge on any atom is -0.488 e. The Morgan fingerprint density at radius 2 is 2.38 bits per heavy atom. The van der Waals surface area contributed by atoms with E-state index in [1.165, 1.54) is 6.20 Å². The Morgan fingerprint density at radius 3 is 3.05 bits per heavy atom. The number of carbonyl (C=O) groups is 1. The predicted octanol–water partition coefficient (Wildman–Crippen LogP) is 2.27. The first kappa shape index (κ1) is 15.2. The van der Waals surface area contributed by atoms with E-state index >= 15 is 0 Å². The molecule has 1 unspecified atom stereocenters. The number of pyridine rings is 1. The van der Waals surface area contributed by atoms with Crippen molar-refractivity contribution < 1.29 is 13.9 Å². The molecule has 2 rings (SSSR count). The monoisotopic (exact) mass is 291 g/mol. The summed E-state index contributed by atoms with van der Waals surface area (Å²) in [5.41, 5.74) is -0.170. The van der Waals surface area contributed by atoms with Gasteiger partial charge in [-0.1, -0.05) is 6.92 Å². The average Bonchev–Trinajstić information content (AvgIpc) is 2.70.